The largest absolute Gasteiger partial charge is 0.486 e. The zero-order valence-electron chi connectivity index (χ0n) is 22.9. The lowest BCUT2D eigenvalue weighted by molar-refractivity contribution is -0.123. The summed E-state index contributed by atoms with van der Waals surface area (Å²) in [5, 5.41) is 0. The molecule has 6 nitrogen and oxygen atoms in total. The number of rotatable bonds is 7. The molecule has 0 saturated heterocycles. The van der Waals surface area contributed by atoms with E-state index < -0.39 is 5.91 Å². The summed E-state index contributed by atoms with van der Waals surface area (Å²) in [6, 6.07) is 13.3. The summed E-state index contributed by atoms with van der Waals surface area (Å²) >= 11 is 0. The van der Waals surface area contributed by atoms with Crippen LogP contribution in [0.5, 0.6) is 0 Å². The number of fused-ring (bicyclic) bond motifs is 3. The summed E-state index contributed by atoms with van der Waals surface area (Å²) in [6.45, 7) is 4.09. The van der Waals surface area contributed by atoms with Crippen LogP contribution in [0.15, 0.2) is 60.4 Å². The standard InChI is InChI=1S/C33H36N2O4/c1-4-20(32(38)35(3)26-11-9-21(10-12-26)31(34)37)7-8-23-15-30-28(17-29(23)36)27-13-19(2)5-6-22(27)14-24-16-25-18-33(24,25)39-30/h5-6,9-13,15,17,20,23-25H,4,7-8,14,16,18H2,1-3H3,(H2,34,37)/t20-,23?,24+,25?,33-/m1/s1. The number of aryl methyl sites for hydroxylation is 1. The number of hydrogen-bond acceptors (Lipinski definition) is 4. The van der Waals surface area contributed by atoms with Gasteiger partial charge in [0.1, 0.15) is 11.4 Å². The van der Waals surface area contributed by atoms with Crippen LogP contribution < -0.4 is 10.6 Å². The van der Waals surface area contributed by atoms with Gasteiger partial charge in [0.25, 0.3) is 0 Å². The quantitative estimate of drug-likeness (QED) is 0.527. The molecule has 202 valence electrons. The third-order valence-electron chi connectivity index (χ3n) is 9.49. The van der Waals surface area contributed by atoms with Crippen molar-refractivity contribution in [3.8, 4) is 0 Å². The summed E-state index contributed by atoms with van der Waals surface area (Å²) in [5.74, 6) is 1.10. The van der Waals surface area contributed by atoms with E-state index in [4.69, 9.17) is 10.5 Å². The van der Waals surface area contributed by atoms with Gasteiger partial charge in [-0.05, 0) is 93.0 Å². The molecule has 2 N–H and O–H groups in total. The van der Waals surface area contributed by atoms with Crippen molar-refractivity contribution in [1.82, 2.24) is 0 Å². The van der Waals surface area contributed by atoms with E-state index in [0.29, 0.717) is 42.3 Å². The molecule has 1 heterocycles. The first-order chi connectivity index (χ1) is 18.7. The smallest absolute Gasteiger partial charge is 0.248 e. The van der Waals surface area contributed by atoms with Gasteiger partial charge in [0.05, 0.1) is 0 Å². The Morgan fingerprint density at radius 2 is 1.92 bits per heavy atom. The molecule has 2 saturated carbocycles. The number of nitrogens with two attached hydrogens (primary N) is 1. The number of ether oxygens (including phenoxy) is 1. The minimum absolute atomic E-state index is 0.0000881. The third-order valence-corrected chi connectivity index (χ3v) is 9.49. The Bertz CT molecular complexity index is 1420. The summed E-state index contributed by atoms with van der Waals surface area (Å²) < 4.78 is 6.77. The lowest BCUT2D eigenvalue weighted by atomic mass is 9.74. The van der Waals surface area contributed by atoms with Crippen LogP contribution in [0, 0.1) is 30.6 Å². The van der Waals surface area contributed by atoms with Crippen LogP contribution in [0.25, 0.3) is 5.57 Å². The highest BCUT2D eigenvalue weighted by atomic mass is 16.5. The van der Waals surface area contributed by atoms with Crippen LogP contribution in [-0.4, -0.2) is 30.2 Å². The molecule has 6 rings (SSSR count). The molecule has 1 aliphatic heterocycles. The van der Waals surface area contributed by atoms with Crippen molar-refractivity contribution in [2.75, 3.05) is 11.9 Å². The van der Waals surface area contributed by atoms with E-state index in [1.54, 1.807) is 42.3 Å². The van der Waals surface area contributed by atoms with E-state index in [2.05, 4.69) is 25.1 Å². The third kappa shape index (κ3) is 4.40. The lowest BCUT2D eigenvalue weighted by Crippen LogP contribution is -2.40. The molecule has 5 atom stereocenters. The van der Waals surface area contributed by atoms with Gasteiger partial charge in [-0.2, -0.15) is 0 Å². The number of carbonyl (C=O) groups excluding carboxylic acids is 3. The normalized spacial score (nSPS) is 26.9. The number of carbonyl (C=O) groups is 3. The fourth-order valence-corrected chi connectivity index (χ4v) is 6.88. The zero-order valence-corrected chi connectivity index (χ0v) is 22.9. The number of primary amides is 1. The fourth-order valence-electron chi connectivity index (χ4n) is 6.88. The maximum absolute atomic E-state index is 13.4. The second-order valence-corrected chi connectivity index (χ2v) is 11.8. The highest BCUT2D eigenvalue weighted by molar-refractivity contribution is 6.05. The van der Waals surface area contributed by atoms with Crippen LogP contribution in [0.2, 0.25) is 0 Å². The first kappa shape index (κ1) is 25.6. The Hall–Kier alpha value is -3.67. The van der Waals surface area contributed by atoms with Crippen molar-refractivity contribution in [3.63, 3.8) is 0 Å². The molecule has 39 heavy (non-hydrogen) atoms. The molecule has 2 unspecified atom stereocenters. The van der Waals surface area contributed by atoms with Crippen molar-refractivity contribution in [1.29, 1.82) is 0 Å². The van der Waals surface area contributed by atoms with Crippen molar-refractivity contribution < 1.29 is 19.1 Å². The molecule has 4 aliphatic rings. The Morgan fingerprint density at radius 1 is 1.15 bits per heavy atom. The van der Waals surface area contributed by atoms with Gasteiger partial charge in [0.15, 0.2) is 5.78 Å². The van der Waals surface area contributed by atoms with Crippen molar-refractivity contribution in [2.45, 2.75) is 58.0 Å². The summed E-state index contributed by atoms with van der Waals surface area (Å²) in [5.41, 5.74) is 10.9. The van der Waals surface area contributed by atoms with Crippen LogP contribution in [0.3, 0.4) is 0 Å². The van der Waals surface area contributed by atoms with Gasteiger partial charge >= 0.3 is 0 Å². The second-order valence-electron chi connectivity index (χ2n) is 11.8. The van der Waals surface area contributed by atoms with Crippen LogP contribution in [-0.2, 0) is 20.7 Å². The van der Waals surface area contributed by atoms with Crippen molar-refractivity contribution in [3.05, 3.63) is 82.6 Å². The first-order valence-electron chi connectivity index (χ1n) is 14.1. The van der Waals surface area contributed by atoms with Gasteiger partial charge in [0, 0.05) is 47.5 Å². The number of benzene rings is 2. The van der Waals surface area contributed by atoms with Gasteiger partial charge < -0.3 is 15.4 Å². The molecule has 1 spiro atoms. The zero-order chi connectivity index (χ0) is 27.5. The molecule has 6 heteroatoms. The molecular formula is C33H36N2O4. The second kappa shape index (κ2) is 9.51. The maximum atomic E-state index is 13.4. The topological polar surface area (TPSA) is 89.7 Å². The van der Waals surface area contributed by atoms with Crippen LogP contribution in [0.4, 0.5) is 5.69 Å². The van der Waals surface area contributed by atoms with E-state index in [-0.39, 0.29) is 29.1 Å². The van der Waals surface area contributed by atoms with Gasteiger partial charge in [-0.3, -0.25) is 14.4 Å². The highest BCUT2D eigenvalue weighted by Gasteiger charge is 2.71. The highest BCUT2D eigenvalue weighted by Crippen LogP contribution is 2.68. The monoisotopic (exact) mass is 524 g/mol. The number of ketones is 1. The van der Waals surface area contributed by atoms with Crippen LogP contribution >= 0.6 is 0 Å². The van der Waals surface area contributed by atoms with Crippen LogP contribution in [0.1, 0.15) is 66.1 Å². The predicted molar refractivity (Wildman–Crippen MR) is 151 cm³/mol. The number of amides is 2. The minimum atomic E-state index is -0.498. The average Bonchev–Trinajstić information content (AvgIpc) is 3.51. The molecule has 0 bridgehead atoms. The molecular weight excluding hydrogens is 488 g/mol. The Kier molecular flexibility index (Phi) is 6.24. The van der Waals surface area contributed by atoms with E-state index in [0.717, 1.165) is 29.7 Å². The number of allylic oxidation sites excluding steroid dienone is 3. The molecule has 2 aromatic carbocycles. The van der Waals surface area contributed by atoms with E-state index in [1.165, 1.54) is 17.5 Å². The predicted octanol–water partition coefficient (Wildman–Crippen LogP) is 5.38. The van der Waals surface area contributed by atoms with Gasteiger partial charge in [-0.25, -0.2) is 0 Å². The Labute approximate surface area is 229 Å². The Morgan fingerprint density at radius 3 is 2.59 bits per heavy atom. The molecule has 2 amide bonds. The van der Waals surface area contributed by atoms with Gasteiger partial charge in [-0.15, -0.1) is 0 Å². The molecule has 2 fully saturated rings. The van der Waals surface area contributed by atoms with E-state index in [1.807, 2.05) is 13.0 Å². The number of anilines is 1. The number of nitrogens with zero attached hydrogens (tertiary/aromatic N) is 1. The number of hydrogen-bond donors (Lipinski definition) is 1. The summed E-state index contributed by atoms with van der Waals surface area (Å²) in [6.07, 6.45) is 9.05. The fraction of sp³-hybridized carbons (Fsp3) is 0.424. The molecule has 2 aromatic rings. The molecule has 3 aliphatic carbocycles. The summed E-state index contributed by atoms with van der Waals surface area (Å²) in [7, 11) is 1.75. The first-order valence-corrected chi connectivity index (χ1v) is 14.1. The van der Waals surface area contributed by atoms with Crippen molar-refractivity contribution in [2.24, 2.45) is 29.4 Å². The van der Waals surface area contributed by atoms with Gasteiger partial charge in [-0.1, -0.05) is 30.7 Å². The van der Waals surface area contributed by atoms with Crippen molar-refractivity contribution >= 4 is 28.9 Å². The van der Waals surface area contributed by atoms with Gasteiger partial charge in [0.2, 0.25) is 11.8 Å². The summed E-state index contributed by atoms with van der Waals surface area (Å²) in [4.78, 5) is 39.8. The SMILES string of the molecule is CC[C@H](CCC1C=C2O[C@@]34CC3C[C@@H]4Cc3ccc(C)cc3C2=CC1=O)C(=O)N(C)c1ccc(C(N)=O)cc1. The molecule has 0 aromatic heterocycles. The Balaban J connectivity index is 1.20. The average molecular weight is 525 g/mol. The van der Waals surface area contributed by atoms with E-state index >= 15 is 0 Å². The lowest BCUT2D eigenvalue weighted by Gasteiger charge is -2.41. The molecule has 0 radical (unpaired) electrons. The minimum Gasteiger partial charge on any atom is -0.486 e. The maximum Gasteiger partial charge on any atom is 0.248 e. The van der Waals surface area contributed by atoms with E-state index in [9.17, 15) is 14.4 Å².